The minimum Gasteiger partial charge on any atom is -0.384 e. The van der Waals surface area contributed by atoms with Crippen molar-refractivity contribution in [2.45, 2.75) is 13.0 Å². The Labute approximate surface area is 135 Å². The van der Waals surface area contributed by atoms with Crippen molar-refractivity contribution in [3.63, 3.8) is 0 Å². The number of methoxy groups -OCH3 is 1. The lowest BCUT2D eigenvalue weighted by atomic mass is 10.2. The first-order valence-corrected chi connectivity index (χ1v) is 7.43. The number of ether oxygens (including phenoxy) is 1. The summed E-state index contributed by atoms with van der Waals surface area (Å²) in [6, 6.07) is 15.5. The number of nitrogens with one attached hydrogen (secondary N) is 2. The smallest absolute Gasteiger partial charge is 0.226 e. The molecule has 0 saturated carbocycles. The lowest BCUT2D eigenvalue weighted by Gasteiger charge is -2.11. The number of benzene rings is 2. The maximum absolute atomic E-state index is 11.6. The summed E-state index contributed by atoms with van der Waals surface area (Å²) in [5.74, 6) is -0.0945. The Morgan fingerprint density at radius 1 is 1.18 bits per heavy atom. The number of hydrogen-bond donors (Lipinski definition) is 2. The Bertz CT molecular complexity index is 617. The number of anilines is 2. The van der Waals surface area contributed by atoms with E-state index < -0.39 is 0 Å². The quantitative estimate of drug-likeness (QED) is 0.813. The van der Waals surface area contributed by atoms with Crippen molar-refractivity contribution in [2.75, 3.05) is 24.4 Å². The number of rotatable bonds is 7. The SMILES string of the molecule is COCCC(=O)Nc1ccc(NCc2ccccc2)c(Cl)c1. The summed E-state index contributed by atoms with van der Waals surface area (Å²) < 4.78 is 4.87. The minimum atomic E-state index is -0.0945. The van der Waals surface area contributed by atoms with Crippen LogP contribution < -0.4 is 10.6 Å². The Balaban J connectivity index is 1.93. The van der Waals surface area contributed by atoms with Crippen LogP contribution in [0.25, 0.3) is 0 Å². The normalized spacial score (nSPS) is 10.3. The van der Waals surface area contributed by atoms with Gasteiger partial charge in [0.05, 0.1) is 23.7 Å². The van der Waals surface area contributed by atoms with Crippen molar-refractivity contribution in [3.05, 3.63) is 59.1 Å². The van der Waals surface area contributed by atoms with Gasteiger partial charge in [0, 0.05) is 19.3 Å². The van der Waals surface area contributed by atoms with E-state index in [9.17, 15) is 4.79 Å². The highest BCUT2D eigenvalue weighted by Gasteiger charge is 2.05. The Morgan fingerprint density at radius 2 is 1.95 bits per heavy atom. The van der Waals surface area contributed by atoms with Crippen molar-refractivity contribution in [2.24, 2.45) is 0 Å². The summed E-state index contributed by atoms with van der Waals surface area (Å²) in [5, 5.41) is 6.64. The zero-order valence-electron chi connectivity index (χ0n) is 12.4. The Hall–Kier alpha value is -2.04. The van der Waals surface area contributed by atoms with Crippen molar-refractivity contribution >= 4 is 28.9 Å². The summed E-state index contributed by atoms with van der Waals surface area (Å²) in [5.41, 5.74) is 2.69. The molecule has 1 amide bonds. The van der Waals surface area contributed by atoms with E-state index in [2.05, 4.69) is 10.6 Å². The predicted octanol–water partition coefficient (Wildman–Crippen LogP) is 3.93. The highest BCUT2D eigenvalue weighted by molar-refractivity contribution is 6.33. The van der Waals surface area contributed by atoms with Crippen LogP contribution in [0, 0.1) is 0 Å². The number of halogens is 1. The maximum atomic E-state index is 11.6. The molecule has 5 heteroatoms. The number of carbonyl (C=O) groups excluding carboxylic acids is 1. The fraction of sp³-hybridized carbons (Fsp3) is 0.235. The van der Waals surface area contributed by atoms with Gasteiger partial charge in [0.25, 0.3) is 0 Å². The standard InChI is InChI=1S/C17H19ClN2O2/c1-22-10-9-17(21)20-14-7-8-16(15(18)11-14)19-12-13-5-3-2-4-6-13/h2-8,11,19H,9-10,12H2,1H3,(H,20,21). The average Bonchev–Trinajstić information content (AvgIpc) is 2.53. The fourth-order valence-electron chi connectivity index (χ4n) is 1.95. The van der Waals surface area contributed by atoms with Crippen molar-refractivity contribution in [1.29, 1.82) is 0 Å². The van der Waals surface area contributed by atoms with Crippen molar-refractivity contribution in [1.82, 2.24) is 0 Å². The van der Waals surface area contributed by atoms with Gasteiger partial charge < -0.3 is 15.4 Å². The summed E-state index contributed by atoms with van der Waals surface area (Å²) in [6.07, 6.45) is 0.322. The molecule has 0 radical (unpaired) electrons. The summed E-state index contributed by atoms with van der Waals surface area (Å²) in [7, 11) is 1.57. The van der Waals surface area contributed by atoms with E-state index in [4.69, 9.17) is 16.3 Å². The van der Waals surface area contributed by atoms with Gasteiger partial charge in [-0.25, -0.2) is 0 Å². The zero-order valence-corrected chi connectivity index (χ0v) is 13.2. The van der Waals surface area contributed by atoms with Crippen LogP contribution in [-0.4, -0.2) is 19.6 Å². The molecule has 0 aliphatic heterocycles. The molecular weight excluding hydrogens is 300 g/mol. The maximum Gasteiger partial charge on any atom is 0.226 e. The predicted molar refractivity (Wildman–Crippen MR) is 90.3 cm³/mol. The van der Waals surface area contributed by atoms with E-state index in [1.807, 2.05) is 42.5 Å². The molecule has 22 heavy (non-hydrogen) atoms. The topological polar surface area (TPSA) is 50.4 Å². The second-order valence-corrected chi connectivity index (χ2v) is 5.23. The molecule has 0 saturated heterocycles. The van der Waals surface area contributed by atoms with Gasteiger partial charge in [0.2, 0.25) is 5.91 Å². The molecule has 0 aliphatic carbocycles. The van der Waals surface area contributed by atoms with Crippen LogP contribution in [0.5, 0.6) is 0 Å². The second kappa shape index (κ2) is 8.41. The van der Waals surface area contributed by atoms with Crippen molar-refractivity contribution in [3.8, 4) is 0 Å². The highest BCUT2D eigenvalue weighted by Crippen LogP contribution is 2.26. The minimum absolute atomic E-state index is 0.0945. The van der Waals surface area contributed by atoms with E-state index >= 15 is 0 Å². The molecule has 116 valence electrons. The van der Waals surface area contributed by atoms with Crippen molar-refractivity contribution < 1.29 is 9.53 Å². The van der Waals surface area contributed by atoms with Gasteiger partial charge in [-0.05, 0) is 23.8 Å². The van der Waals surface area contributed by atoms with Crippen LogP contribution in [0.15, 0.2) is 48.5 Å². The third-order valence-electron chi connectivity index (χ3n) is 3.11. The van der Waals surface area contributed by atoms with Gasteiger partial charge in [-0.1, -0.05) is 41.9 Å². The van der Waals surface area contributed by atoms with E-state index in [-0.39, 0.29) is 5.91 Å². The third-order valence-corrected chi connectivity index (χ3v) is 3.42. The van der Waals surface area contributed by atoms with Gasteiger partial charge in [-0.3, -0.25) is 4.79 Å². The van der Waals surface area contributed by atoms with Crippen LogP contribution in [0.2, 0.25) is 5.02 Å². The second-order valence-electron chi connectivity index (χ2n) is 4.82. The number of amides is 1. The van der Waals surface area contributed by atoms with Gasteiger partial charge in [-0.2, -0.15) is 0 Å². The molecular formula is C17H19ClN2O2. The van der Waals surface area contributed by atoms with Gasteiger partial charge in [-0.15, -0.1) is 0 Å². The van der Waals surface area contributed by atoms with Crippen LogP contribution >= 0.6 is 11.6 Å². The van der Waals surface area contributed by atoms with E-state index in [0.29, 0.717) is 30.3 Å². The summed E-state index contributed by atoms with van der Waals surface area (Å²) in [4.78, 5) is 11.6. The van der Waals surface area contributed by atoms with Crippen LogP contribution in [0.4, 0.5) is 11.4 Å². The molecule has 0 aliphatic rings. The van der Waals surface area contributed by atoms with Gasteiger partial charge in [0.1, 0.15) is 0 Å². The molecule has 2 aromatic rings. The number of carbonyl (C=O) groups is 1. The van der Waals surface area contributed by atoms with E-state index in [0.717, 1.165) is 5.69 Å². The van der Waals surface area contributed by atoms with Gasteiger partial charge in [0.15, 0.2) is 0 Å². The number of hydrogen-bond acceptors (Lipinski definition) is 3. The van der Waals surface area contributed by atoms with E-state index in [1.165, 1.54) is 5.56 Å². The van der Waals surface area contributed by atoms with Crippen LogP contribution in [-0.2, 0) is 16.1 Å². The largest absolute Gasteiger partial charge is 0.384 e. The average molecular weight is 319 g/mol. The molecule has 0 bridgehead atoms. The molecule has 4 nitrogen and oxygen atoms in total. The molecule has 0 heterocycles. The van der Waals surface area contributed by atoms with Crippen LogP contribution in [0.1, 0.15) is 12.0 Å². The Kier molecular flexibility index (Phi) is 6.25. The first-order valence-electron chi connectivity index (χ1n) is 7.05. The highest BCUT2D eigenvalue weighted by atomic mass is 35.5. The Morgan fingerprint density at radius 3 is 2.64 bits per heavy atom. The van der Waals surface area contributed by atoms with Gasteiger partial charge >= 0.3 is 0 Å². The van der Waals surface area contributed by atoms with E-state index in [1.54, 1.807) is 13.2 Å². The fourth-order valence-corrected chi connectivity index (χ4v) is 2.19. The molecule has 0 spiro atoms. The summed E-state index contributed by atoms with van der Waals surface area (Å²) >= 11 is 6.24. The lowest BCUT2D eigenvalue weighted by Crippen LogP contribution is -2.13. The molecule has 0 aromatic heterocycles. The van der Waals surface area contributed by atoms with Crippen LogP contribution in [0.3, 0.4) is 0 Å². The molecule has 0 unspecified atom stereocenters. The molecule has 0 fully saturated rings. The molecule has 0 atom stereocenters. The molecule has 2 rings (SSSR count). The first kappa shape index (κ1) is 16.3. The summed E-state index contributed by atoms with van der Waals surface area (Å²) in [6.45, 7) is 1.09. The monoisotopic (exact) mass is 318 g/mol. The zero-order chi connectivity index (χ0) is 15.8. The first-order chi connectivity index (χ1) is 10.7. The molecule has 2 N–H and O–H groups in total. The third kappa shape index (κ3) is 5.06. The molecule has 2 aromatic carbocycles. The lowest BCUT2D eigenvalue weighted by molar-refractivity contribution is -0.117.